The number of hydrogen-bond donors (Lipinski definition) is 1. The molecule has 2 N–H and O–H groups in total. The molecule has 2 heterocycles. The molecule has 1 aliphatic heterocycles. The van der Waals surface area contributed by atoms with Crippen molar-refractivity contribution in [2.24, 2.45) is 5.73 Å². The Kier molecular flexibility index (Phi) is 5.55. The van der Waals surface area contributed by atoms with Crippen LogP contribution in [0.2, 0.25) is 0 Å². The van der Waals surface area contributed by atoms with Crippen LogP contribution in [0.3, 0.4) is 0 Å². The van der Waals surface area contributed by atoms with Crippen LogP contribution in [0.1, 0.15) is 17.0 Å². The number of aromatic nitrogens is 1. The fraction of sp³-hybridized carbons (Fsp3) is 0.125. The first-order valence-electron chi connectivity index (χ1n) is 9.58. The SMILES string of the molecule is COc1ccc(/C=c2/sc3n(c2=O)C(N)=C(C#N)C(c2ccc(OC)cc2)C=3C#N)cc1. The lowest BCUT2D eigenvalue weighted by Crippen LogP contribution is -2.38. The second-order valence-electron chi connectivity index (χ2n) is 6.97. The van der Waals surface area contributed by atoms with Crippen LogP contribution in [0.5, 0.6) is 11.5 Å². The van der Waals surface area contributed by atoms with E-state index < -0.39 is 5.92 Å². The molecule has 7 nitrogen and oxygen atoms in total. The number of fused-ring (bicyclic) bond motifs is 1. The summed E-state index contributed by atoms with van der Waals surface area (Å²) in [5, 5.41) is 19.8. The minimum absolute atomic E-state index is 0.0398. The van der Waals surface area contributed by atoms with E-state index >= 15 is 0 Å². The molecule has 8 heteroatoms. The number of allylic oxidation sites excluding steroid dienone is 1. The van der Waals surface area contributed by atoms with Gasteiger partial charge in [0, 0.05) is 0 Å². The molecule has 4 rings (SSSR count). The molecule has 3 aromatic rings. The van der Waals surface area contributed by atoms with Crippen LogP contribution in [-0.4, -0.2) is 18.8 Å². The van der Waals surface area contributed by atoms with E-state index in [1.807, 2.05) is 12.1 Å². The summed E-state index contributed by atoms with van der Waals surface area (Å²) in [7, 11) is 3.14. The molecule has 1 aromatic heterocycles. The highest BCUT2D eigenvalue weighted by molar-refractivity contribution is 7.07. The van der Waals surface area contributed by atoms with E-state index in [1.54, 1.807) is 56.7 Å². The lowest BCUT2D eigenvalue weighted by Gasteiger charge is -2.22. The molecule has 158 valence electrons. The first-order chi connectivity index (χ1) is 15.5. The fourth-order valence-corrected chi connectivity index (χ4v) is 4.76. The molecule has 0 amide bonds. The normalized spacial score (nSPS) is 15.7. The lowest BCUT2D eigenvalue weighted by molar-refractivity contribution is 0.414. The molecule has 1 aliphatic rings. The van der Waals surface area contributed by atoms with E-state index in [4.69, 9.17) is 15.2 Å². The standard InChI is InChI=1S/C24H18N4O3S/c1-30-16-7-3-14(4-8-16)11-20-23(29)28-22(27)18(12-25)21(19(13-26)24(28)32-20)15-5-9-17(31-2)10-6-15/h3-11,21H,27H2,1-2H3/b20-11+. The molecule has 1 unspecified atom stereocenters. The zero-order chi connectivity index (χ0) is 22.8. The summed E-state index contributed by atoms with van der Waals surface area (Å²) >= 11 is 1.18. The number of benzene rings is 2. The Morgan fingerprint density at radius 3 is 2.06 bits per heavy atom. The van der Waals surface area contributed by atoms with Gasteiger partial charge < -0.3 is 15.2 Å². The Morgan fingerprint density at radius 2 is 1.53 bits per heavy atom. The predicted molar refractivity (Wildman–Crippen MR) is 122 cm³/mol. The number of rotatable bonds is 4. The van der Waals surface area contributed by atoms with Gasteiger partial charge in [-0.25, -0.2) is 0 Å². The van der Waals surface area contributed by atoms with E-state index in [9.17, 15) is 15.3 Å². The molecular formula is C24H18N4O3S. The monoisotopic (exact) mass is 442 g/mol. The fourth-order valence-electron chi connectivity index (χ4n) is 3.63. The van der Waals surface area contributed by atoms with Crippen molar-refractivity contribution in [2.45, 2.75) is 5.92 Å². The summed E-state index contributed by atoms with van der Waals surface area (Å²) in [4.78, 5) is 13.2. The van der Waals surface area contributed by atoms with E-state index in [1.165, 1.54) is 15.9 Å². The first kappa shape index (κ1) is 21.0. The molecule has 0 saturated carbocycles. The Bertz CT molecular complexity index is 1480. The summed E-state index contributed by atoms with van der Waals surface area (Å²) in [6.45, 7) is 0. The topological polar surface area (TPSA) is 114 Å². The zero-order valence-corrected chi connectivity index (χ0v) is 18.1. The zero-order valence-electron chi connectivity index (χ0n) is 17.3. The Balaban J connectivity index is 1.97. The van der Waals surface area contributed by atoms with Crippen molar-refractivity contribution in [1.29, 1.82) is 10.5 Å². The molecular weight excluding hydrogens is 424 g/mol. The third-order valence-corrected chi connectivity index (χ3v) is 6.36. The summed E-state index contributed by atoms with van der Waals surface area (Å²) in [5.41, 5.74) is 7.91. The van der Waals surface area contributed by atoms with Gasteiger partial charge in [0.2, 0.25) is 0 Å². The molecule has 0 spiro atoms. The molecule has 0 fully saturated rings. The van der Waals surface area contributed by atoms with E-state index in [0.29, 0.717) is 26.3 Å². The molecule has 0 radical (unpaired) electrons. The van der Waals surface area contributed by atoms with Crippen LogP contribution < -0.4 is 30.0 Å². The number of hydrogen-bond acceptors (Lipinski definition) is 7. The van der Waals surface area contributed by atoms with Crippen LogP contribution in [-0.2, 0) is 0 Å². The minimum Gasteiger partial charge on any atom is -0.497 e. The van der Waals surface area contributed by atoms with Crippen molar-refractivity contribution >= 4 is 28.8 Å². The van der Waals surface area contributed by atoms with E-state index in [-0.39, 0.29) is 17.0 Å². The lowest BCUT2D eigenvalue weighted by atomic mass is 9.84. The van der Waals surface area contributed by atoms with E-state index in [2.05, 4.69) is 12.1 Å². The van der Waals surface area contributed by atoms with Crippen LogP contribution in [0.25, 0.3) is 17.5 Å². The van der Waals surface area contributed by atoms with Gasteiger partial charge in [0.1, 0.15) is 22.0 Å². The molecule has 2 aromatic carbocycles. The van der Waals surface area contributed by atoms with Gasteiger partial charge in [-0.1, -0.05) is 24.3 Å². The molecule has 0 aliphatic carbocycles. The third-order valence-electron chi connectivity index (χ3n) is 5.25. The molecule has 0 saturated heterocycles. The Morgan fingerprint density at radius 1 is 0.969 bits per heavy atom. The van der Waals surface area contributed by atoms with Gasteiger partial charge in [-0.15, -0.1) is 11.3 Å². The van der Waals surface area contributed by atoms with Crippen molar-refractivity contribution in [1.82, 2.24) is 4.57 Å². The summed E-state index contributed by atoms with van der Waals surface area (Å²) < 4.78 is 12.5. The van der Waals surface area contributed by atoms with Crippen LogP contribution in [0, 0.1) is 22.7 Å². The van der Waals surface area contributed by atoms with Crippen LogP contribution in [0.15, 0.2) is 58.9 Å². The van der Waals surface area contributed by atoms with Gasteiger partial charge in [-0.3, -0.25) is 9.36 Å². The first-order valence-corrected chi connectivity index (χ1v) is 10.4. The average molecular weight is 443 g/mol. The summed E-state index contributed by atoms with van der Waals surface area (Å²) in [6, 6.07) is 18.7. The smallest absolute Gasteiger partial charge is 0.274 e. The van der Waals surface area contributed by atoms with E-state index in [0.717, 1.165) is 11.1 Å². The summed E-state index contributed by atoms with van der Waals surface area (Å²) in [5.74, 6) is 0.737. The number of ether oxygens (including phenoxy) is 2. The van der Waals surface area contributed by atoms with Crippen molar-refractivity contribution in [2.75, 3.05) is 14.2 Å². The average Bonchev–Trinajstić information content (AvgIpc) is 3.15. The highest BCUT2D eigenvalue weighted by Crippen LogP contribution is 2.36. The second-order valence-corrected chi connectivity index (χ2v) is 8.00. The van der Waals surface area contributed by atoms with Crippen molar-refractivity contribution in [3.05, 3.63) is 84.8 Å². The van der Waals surface area contributed by atoms with Gasteiger partial charge in [0.25, 0.3) is 5.56 Å². The number of methoxy groups -OCH3 is 2. The van der Waals surface area contributed by atoms with Crippen molar-refractivity contribution in [3.63, 3.8) is 0 Å². The third kappa shape index (κ3) is 3.43. The van der Waals surface area contributed by atoms with Crippen LogP contribution >= 0.6 is 11.3 Å². The number of nitrogens with two attached hydrogens (primary N) is 1. The largest absolute Gasteiger partial charge is 0.497 e. The second kappa shape index (κ2) is 8.46. The van der Waals surface area contributed by atoms with Gasteiger partial charge >= 0.3 is 0 Å². The molecule has 0 bridgehead atoms. The molecule has 32 heavy (non-hydrogen) atoms. The molecule has 1 atom stereocenters. The maximum absolute atomic E-state index is 13.2. The van der Waals surface area contributed by atoms with Gasteiger partial charge in [-0.05, 0) is 41.5 Å². The predicted octanol–water partition coefficient (Wildman–Crippen LogP) is 1.88. The van der Waals surface area contributed by atoms with Gasteiger partial charge in [0.05, 0.1) is 48.0 Å². The number of nitriles is 2. The maximum atomic E-state index is 13.2. The summed E-state index contributed by atoms with van der Waals surface area (Å²) in [6.07, 6.45) is 1.73. The van der Waals surface area contributed by atoms with Crippen molar-refractivity contribution in [3.8, 4) is 23.6 Å². The number of thiazole rings is 1. The van der Waals surface area contributed by atoms with Crippen LogP contribution in [0.4, 0.5) is 0 Å². The van der Waals surface area contributed by atoms with Gasteiger partial charge in [0.15, 0.2) is 0 Å². The highest BCUT2D eigenvalue weighted by atomic mass is 32.1. The van der Waals surface area contributed by atoms with Crippen molar-refractivity contribution < 1.29 is 9.47 Å². The highest BCUT2D eigenvalue weighted by Gasteiger charge is 2.32. The Hall–Kier alpha value is -4.27. The van der Waals surface area contributed by atoms with Gasteiger partial charge in [-0.2, -0.15) is 10.5 Å². The minimum atomic E-state index is -0.664. The number of nitrogens with zero attached hydrogens (tertiary/aromatic N) is 3. The quantitative estimate of drug-likeness (QED) is 0.660. The Labute approximate surface area is 187 Å². The maximum Gasteiger partial charge on any atom is 0.274 e.